The van der Waals surface area contributed by atoms with Crippen LogP contribution in [0.1, 0.15) is 37.8 Å². The van der Waals surface area contributed by atoms with Gasteiger partial charge in [-0.25, -0.2) is 27.8 Å². The zero-order valence-electron chi connectivity index (χ0n) is 27.2. The molecule has 4 unspecified atom stereocenters. The number of anilines is 4. The minimum absolute atomic E-state index is 0.0499. The van der Waals surface area contributed by atoms with Gasteiger partial charge in [0.15, 0.2) is 9.84 Å². The molecule has 256 valence electrons. The summed E-state index contributed by atoms with van der Waals surface area (Å²) in [7, 11) is -1.70. The molecule has 15 heteroatoms. The molecule has 0 saturated carbocycles. The van der Waals surface area contributed by atoms with Crippen molar-refractivity contribution >= 4 is 49.9 Å². The maximum Gasteiger partial charge on any atom is 0.246 e. The summed E-state index contributed by atoms with van der Waals surface area (Å²) in [6.45, 7) is 8.07. The van der Waals surface area contributed by atoms with Crippen molar-refractivity contribution < 1.29 is 27.1 Å². The number of hydrogen-bond acceptors (Lipinski definition) is 12. The molecule has 7 rings (SSSR count). The summed E-state index contributed by atoms with van der Waals surface area (Å²) in [5.41, 5.74) is 0.901. The first-order valence-corrected chi connectivity index (χ1v) is 18.2. The number of carbonyl (C=O) groups excluding carboxylic acids is 1. The number of pyridine rings is 2. The zero-order chi connectivity index (χ0) is 33.6. The third kappa shape index (κ3) is 5.96. The molecule has 0 spiro atoms. The van der Waals surface area contributed by atoms with Crippen LogP contribution in [0.3, 0.4) is 0 Å². The third-order valence-electron chi connectivity index (χ3n) is 10.3. The second-order valence-electron chi connectivity index (χ2n) is 13.0. The van der Waals surface area contributed by atoms with E-state index in [-0.39, 0.29) is 49.4 Å². The highest BCUT2D eigenvalue weighted by Crippen LogP contribution is 2.42. The van der Waals surface area contributed by atoms with Gasteiger partial charge in [0, 0.05) is 68.2 Å². The molecule has 4 saturated heterocycles. The fourth-order valence-electron chi connectivity index (χ4n) is 7.57. The number of ether oxygens (including phenoxy) is 2. The third-order valence-corrected chi connectivity index (χ3v) is 12.5. The van der Waals surface area contributed by atoms with Crippen LogP contribution < -0.4 is 15.1 Å². The highest BCUT2D eigenvalue weighted by Gasteiger charge is 2.48. The lowest BCUT2D eigenvalue weighted by molar-refractivity contribution is -0.126. The number of rotatable bonds is 8. The average molecular weight is 681 g/mol. The predicted molar refractivity (Wildman–Crippen MR) is 180 cm³/mol. The molecular formula is C33H41FN8O5S. The molecule has 3 aromatic heterocycles. The van der Waals surface area contributed by atoms with E-state index in [1.165, 1.54) is 13.2 Å². The number of piperidine rings is 1. The van der Waals surface area contributed by atoms with E-state index in [2.05, 4.69) is 26.8 Å². The molecule has 0 aliphatic carbocycles. The molecule has 0 aromatic carbocycles. The van der Waals surface area contributed by atoms with Gasteiger partial charge in [0.05, 0.1) is 42.9 Å². The smallest absolute Gasteiger partial charge is 0.246 e. The van der Waals surface area contributed by atoms with Gasteiger partial charge in [0.1, 0.15) is 23.6 Å². The maximum atomic E-state index is 14.6. The van der Waals surface area contributed by atoms with Gasteiger partial charge in [-0.1, -0.05) is 6.58 Å². The lowest BCUT2D eigenvalue weighted by Gasteiger charge is -2.51. The van der Waals surface area contributed by atoms with Crippen LogP contribution in [0.2, 0.25) is 0 Å². The van der Waals surface area contributed by atoms with Gasteiger partial charge in [-0.15, -0.1) is 0 Å². The Hall–Kier alpha value is -3.95. The Balaban J connectivity index is 1.20. The summed E-state index contributed by atoms with van der Waals surface area (Å²) in [6.07, 6.45) is 7.19. The van der Waals surface area contributed by atoms with Crippen LogP contribution in [-0.2, 0) is 24.1 Å². The second kappa shape index (κ2) is 13.2. The van der Waals surface area contributed by atoms with E-state index in [9.17, 15) is 17.6 Å². The second-order valence-corrected chi connectivity index (χ2v) is 15.3. The number of nitrogens with zero attached hydrogens (tertiary/aromatic N) is 7. The molecular weight excluding hydrogens is 639 g/mol. The summed E-state index contributed by atoms with van der Waals surface area (Å²) in [6, 6.07) is 3.41. The van der Waals surface area contributed by atoms with Crippen molar-refractivity contribution in [3.8, 4) is 0 Å². The van der Waals surface area contributed by atoms with Crippen LogP contribution in [0.5, 0.6) is 0 Å². The van der Waals surface area contributed by atoms with Gasteiger partial charge in [-0.05, 0) is 49.8 Å². The van der Waals surface area contributed by atoms with Crippen molar-refractivity contribution in [2.75, 3.05) is 67.4 Å². The van der Waals surface area contributed by atoms with Crippen molar-refractivity contribution in [2.45, 2.75) is 55.8 Å². The van der Waals surface area contributed by atoms with Crippen molar-refractivity contribution in [3.63, 3.8) is 0 Å². The fraction of sp³-hybridized carbons (Fsp3) is 0.545. The van der Waals surface area contributed by atoms with Crippen molar-refractivity contribution in [1.82, 2.24) is 24.8 Å². The molecule has 4 aliphatic rings. The average Bonchev–Trinajstić information content (AvgIpc) is 3.58. The largest absolute Gasteiger partial charge is 0.379 e. The Bertz CT molecular complexity index is 1810. The van der Waals surface area contributed by atoms with Crippen LogP contribution in [0.4, 0.5) is 27.8 Å². The Morgan fingerprint density at radius 1 is 1.15 bits per heavy atom. The quantitative estimate of drug-likeness (QED) is 0.349. The van der Waals surface area contributed by atoms with Gasteiger partial charge >= 0.3 is 0 Å². The molecule has 4 fully saturated rings. The normalized spacial score (nSPS) is 28.7. The number of carbonyl (C=O) groups is 1. The van der Waals surface area contributed by atoms with Gasteiger partial charge in [-0.3, -0.25) is 4.79 Å². The highest BCUT2D eigenvalue weighted by molar-refractivity contribution is 7.92. The number of aromatic nitrogens is 4. The minimum Gasteiger partial charge on any atom is -0.379 e. The SMILES string of the molecule is C=CC(=O)N1CCCC1c1cnc(N2CC(C3COCCS3(=O)=O)C2C)c2cnc(Nc3ccnc(N4CC[C@@H](OC)[C@@H](F)C4)n3)cc12. The molecule has 13 nitrogen and oxygen atoms in total. The molecule has 48 heavy (non-hydrogen) atoms. The molecule has 0 bridgehead atoms. The van der Waals surface area contributed by atoms with E-state index in [0.29, 0.717) is 43.6 Å². The van der Waals surface area contributed by atoms with E-state index in [1.807, 2.05) is 29.0 Å². The number of sulfone groups is 1. The van der Waals surface area contributed by atoms with Crippen LogP contribution in [-0.4, -0.2) is 115 Å². The number of amides is 1. The standard InChI is InChI=1S/C33H41FN8O5S/c1-4-31(43)41-10-5-6-26(41)22-15-37-32(42-17-24(20(42)2)28-19-47-12-13-48(28,44)45)23-16-36-30(14-21(22)23)38-29-7-9-35-33(39-29)40-11-8-27(46-3)25(34)18-40/h4,7,9,14-16,20,24-28H,1,5-6,8,10-13,17-19H2,2-3H3,(H,35,36,38,39)/t20?,24?,25-,26?,27+,28?/m0/s1. The summed E-state index contributed by atoms with van der Waals surface area (Å²) in [5, 5.41) is 4.45. The minimum atomic E-state index is -3.23. The van der Waals surface area contributed by atoms with E-state index in [1.54, 1.807) is 18.5 Å². The van der Waals surface area contributed by atoms with Gasteiger partial charge in [-0.2, -0.15) is 4.98 Å². The lowest BCUT2D eigenvalue weighted by Crippen LogP contribution is -2.62. The molecule has 7 heterocycles. The van der Waals surface area contributed by atoms with E-state index in [0.717, 1.165) is 35.0 Å². The number of hydrogen-bond donors (Lipinski definition) is 1. The summed E-state index contributed by atoms with van der Waals surface area (Å²) in [4.78, 5) is 37.3. The number of halogens is 1. The number of fused-ring (bicyclic) bond motifs is 1. The number of likely N-dealkylation sites (tertiary alicyclic amines) is 1. The molecule has 6 atom stereocenters. The van der Waals surface area contributed by atoms with Crippen LogP contribution in [0.15, 0.2) is 43.4 Å². The summed E-state index contributed by atoms with van der Waals surface area (Å²) < 4.78 is 51.1. The Morgan fingerprint density at radius 3 is 2.75 bits per heavy atom. The monoisotopic (exact) mass is 680 g/mol. The molecule has 1 N–H and O–H groups in total. The van der Waals surface area contributed by atoms with Crippen LogP contribution in [0, 0.1) is 5.92 Å². The highest BCUT2D eigenvalue weighted by atomic mass is 32.2. The first-order valence-electron chi connectivity index (χ1n) is 16.5. The first kappa shape index (κ1) is 32.6. The van der Waals surface area contributed by atoms with Crippen molar-refractivity contribution in [3.05, 3.63) is 48.9 Å². The number of methoxy groups -OCH3 is 1. The Labute approximate surface area is 279 Å². The first-order chi connectivity index (χ1) is 23.2. The number of nitrogens with one attached hydrogen (secondary N) is 1. The maximum absolute atomic E-state index is 14.6. The van der Waals surface area contributed by atoms with E-state index < -0.39 is 27.4 Å². The van der Waals surface area contributed by atoms with Crippen LogP contribution >= 0.6 is 0 Å². The predicted octanol–water partition coefficient (Wildman–Crippen LogP) is 3.21. The van der Waals surface area contributed by atoms with E-state index >= 15 is 0 Å². The molecule has 0 radical (unpaired) electrons. The topological polar surface area (TPSA) is 143 Å². The lowest BCUT2D eigenvalue weighted by atomic mass is 9.86. The van der Waals surface area contributed by atoms with E-state index in [4.69, 9.17) is 19.4 Å². The Kier molecular flexibility index (Phi) is 8.94. The summed E-state index contributed by atoms with van der Waals surface area (Å²) >= 11 is 0. The van der Waals surface area contributed by atoms with Gasteiger partial charge < -0.3 is 29.5 Å². The van der Waals surface area contributed by atoms with Crippen molar-refractivity contribution in [2.24, 2.45) is 5.92 Å². The summed E-state index contributed by atoms with van der Waals surface area (Å²) in [5.74, 6) is 2.02. The van der Waals surface area contributed by atoms with Gasteiger partial charge in [0.2, 0.25) is 11.9 Å². The molecule has 1 amide bonds. The fourth-order valence-corrected chi connectivity index (χ4v) is 9.38. The van der Waals surface area contributed by atoms with Crippen molar-refractivity contribution in [1.29, 1.82) is 0 Å². The zero-order valence-corrected chi connectivity index (χ0v) is 28.0. The Morgan fingerprint density at radius 2 is 2.00 bits per heavy atom. The molecule has 3 aromatic rings. The van der Waals surface area contributed by atoms with Gasteiger partial charge in [0.25, 0.3) is 0 Å². The number of alkyl halides is 1. The van der Waals surface area contributed by atoms with Crippen LogP contribution in [0.25, 0.3) is 10.8 Å². The molecule has 4 aliphatic heterocycles.